The van der Waals surface area contributed by atoms with Crippen molar-refractivity contribution in [1.82, 2.24) is 78.5 Å². The molecule has 0 aromatic heterocycles. The molecule has 0 bridgehead atoms. The van der Waals surface area contributed by atoms with Crippen LogP contribution >= 0.6 is 46.8 Å². The molecule has 23 N–H and O–H groups in total. The van der Waals surface area contributed by atoms with Crippen LogP contribution in [-0.2, 0) is 97.5 Å². The summed E-state index contributed by atoms with van der Waals surface area (Å²) >= 11 is 8.21. The zero-order valence-electron chi connectivity index (χ0n) is 60.6. The van der Waals surface area contributed by atoms with Gasteiger partial charge in [-0.05, 0) is 82.4 Å². The molecule has 0 spiro atoms. The zero-order valence-corrected chi connectivity index (χ0v) is 64.1. The van der Waals surface area contributed by atoms with Gasteiger partial charge in [-0.1, -0.05) is 47.6 Å². The van der Waals surface area contributed by atoms with Gasteiger partial charge in [0, 0.05) is 49.1 Å². The van der Waals surface area contributed by atoms with E-state index < -0.39 is 235 Å². The summed E-state index contributed by atoms with van der Waals surface area (Å²) in [6.45, 7) is 4.20. The molecule has 15 atom stereocenters. The largest absolute Gasteiger partial charge is 0.508 e. The number of nitrogens with two attached hydrogens (primary N) is 4. The predicted octanol–water partition coefficient (Wildman–Crippen LogP) is -9.27. The van der Waals surface area contributed by atoms with Crippen LogP contribution in [-0.4, -0.2) is 289 Å². The molecule has 4 aliphatic heterocycles. The number of likely N-dealkylation sites (tertiary alicyclic amines) is 1. The van der Waals surface area contributed by atoms with Crippen molar-refractivity contribution in [2.45, 2.75) is 189 Å². The number of phenols is 1. The first-order valence-corrected chi connectivity index (χ1v) is 38.8. The lowest BCUT2D eigenvalue weighted by atomic mass is 10.0. The van der Waals surface area contributed by atoms with E-state index in [0.29, 0.717) is 18.4 Å². The summed E-state index contributed by atoms with van der Waals surface area (Å²) in [6.07, 6.45) is -2.42. The SMILES string of the molecule is CC(C)C[C@@H]1NC(=O)C(CO)NC(=O)C(CS)NC(=O)C(NC(=O)CN)CSSC[C@@H](C(=O)N[C@@H](C)C(=O)N[C@@H](C)C(=O)N[C@@H](CC(N)=O)C(=O)N[C@@H](CC(N)=O)C(=O)N2CCC[C@H]2C(=O)N[C@@H](CC(=O)O)C(=O)N[C@@H](Cc2ccc(O)cc2)C(=O)N[C@@H](CS)C(N)=O)NC(=O)[C@@H]2CCCN2C(=O)[C@@H]2CCCN2C1=O. The Balaban J connectivity index is 1.32. The third-order valence-corrected chi connectivity index (χ3v) is 21.1. The van der Waals surface area contributed by atoms with E-state index in [-0.39, 0.29) is 92.8 Å². The molecule has 3 unspecified atom stereocenters. The quantitative estimate of drug-likeness (QED) is 0.0242. The number of nitrogens with one attached hydrogen (secondary N) is 12. The Hall–Kier alpha value is -9.73. The Kier molecular flexibility index (Phi) is 36.0. The van der Waals surface area contributed by atoms with Crippen molar-refractivity contribution in [2.24, 2.45) is 28.9 Å². The molecule has 41 nitrogen and oxygen atoms in total. The minimum Gasteiger partial charge on any atom is -0.508 e. The van der Waals surface area contributed by atoms with Crippen molar-refractivity contribution in [3.8, 4) is 5.75 Å². The van der Waals surface area contributed by atoms with Gasteiger partial charge in [0.2, 0.25) is 106 Å². The first-order valence-electron chi connectivity index (χ1n) is 35.1. The van der Waals surface area contributed by atoms with Crippen molar-refractivity contribution in [3.63, 3.8) is 0 Å². The van der Waals surface area contributed by atoms with E-state index in [1.54, 1.807) is 13.8 Å². The molecule has 1 aromatic carbocycles. The Morgan fingerprint density at radius 1 is 0.564 bits per heavy atom. The van der Waals surface area contributed by atoms with Gasteiger partial charge in [-0.2, -0.15) is 25.3 Å². The van der Waals surface area contributed by atoms with Crippen LogP contribution in [0.15, 0.2) is 24.3 Å². The highest BCUT2D eigenvalue weighted by atomic mass is 33.1. The average Bonchev–Trinajstić information content (AvgIpc) is 1.65. The van der Waals surface area contributed by atoms with Crippen LogP contribution in [0, 0.1) is 5.92 Å². The fraction of sp³-hybridized carbons (Fsp3) is 0.615. The van der Waals surface area contributed by atoms with Crippen molar-refractivity contribution < 1.29 is 106 Å². The fourth-order valence-electron chi connectivity index (χ4n) is 12.1. The summed E-state index contributed by atoms with van der Waals surface area (Å²) < 4.78 is 0. The minimum absolute atomic E-state index is 0.0479. The van der Waals surface area contributed by atoms with Gasteiger partial charge in [0.15, 0.2) is 0 Å². The Morgan fingerprint density at radius 2 is 1.08 bits per heavy atom. The molecule has 0 aliphatic carbocycles. The number of aliphatic hydroxyl groups is 1. The van der Waals surface area contributed by atoms with Crippen LogP contribution in [0.3, 0.4) is 0 Å². The summed E-state index contributed by atoms with van der Waals surface area (Å²) in [5.74, 6) is -21.5. The number of aliphatic hydroxyl groups excluding tert-OH is 1. The van der Waals surface area contributed by atoms with E-state index in [9.17, 15) is 106 Å². The van der Waals surface area contributed by atoms with E-state index >= 15 is 0 Å². The number of hydrogen-bond donors (Lipinski definition) is 21. The van der Waals surface area contributed by atoms with E-state index in [2.05, 4.69) is 89.1 Å². The maximum atomic E-state index is 14.6. The van der Waals surface area contributed by atoms with Gasteiger partial charge in [-0.3, -0.25) is 91.1 Å². The van der Waals surface area contributed by atoms with Crippen molar-refractivity contribution in [1.29, 1.82) is 0 Å². The van der Waals surface area contributed by atoms with Crippen molar-refractivity contribution in [3.05, 3.63) is 29.8 Å². The maximum absolute atomic E-state index is 14.6. The Bertz CT molecular complexity index is 3600. The number of hydrogen-bond acceptors (Lipinski definition) is 26. The van der Waals surface area contributed by atoms with Crippen LogP contribution < -0.4 is 86.7 Å². The highest BCUT2D eigenvalue weighted by Gasteiger charge is 2.46. The number of amides is 18. The molecule has 5 rings (SSSR count). The maximum Gasteiger partial charge on any atom is 0.305 e. The Labute approximate surface area is 650 Å². The molecule has 4 fully saturated rings. The molecule has 0 saturated carbocycles. The molecule has 4 saturated heterocycles. The van der Waals surface area contributed by atoms with Crippen LogP contribution in [0.5, 0.6) is 5.75 Å². The number of nitrogens with zero attached hydrogens (tertiary/aromatic N) is 3. The molecule has 4 aliphatic rings. The van der Waals surface area contributed by atoms with Crippen molar-refractivity contribution >= 4 is 159 Å². The van der Waals surface area contributed by atoms with Crippen LogP contribution in [0.25, 0.3) is 0 Å². The lowest BCUT2D eigenvalue weighted by molar-refractivity contribution is -0.148. The monoisotopic (exact) mass is 1620 g/mol. The Morgan fingerprint density at radius 3 is 1.66 bits per heavy atom. The van der Waals surface area contributed by atoms with E-state index in [4.69, 9.17) is 22.9 Å². The summed E-state index contributed by atoms with van der Waals surface area (Å²) in [7, 11) is 1.77. The van der Waals surface area contributed by atoms with E-state index in [1.807, 2.05) is 0 Å². The van der Waals surface area contributed by atoms with Gasteiger partial charge < -0.3 is 117 Å². The van der Waals surface area contributed by atoms with Gasteiger partial charge in [0.1, 0.15) is 96.4 Å². The molecule has 45 heteroatoms. The number of fused-ring (bicyclic) bond motifs is 2. The lowest BCUT2D eigenvalue weighted by Crippen LogP contribution is -2.61. The highest BCUT2D eigenvalue weighted by Crippen LogP contribution is 2.29. The smallest absolute Gasteiger partial charge is 0.305 e. The molecule has 110 heavy (non-hydrogen) atoms. The standard InChI is InChI=1S/C65H97N19O22S4/c1-29(2)18-37-63(104)84-17-7-10-46(84)65(106)83-16-6-9-45(83)62(103)81-43(28-110-109-27-42(72-49(89)23-66)60(101)80-41(26-108)58(99)78-39(24-85)57(98)76-37)59(100)71-30(3)52(93)70-31(4)53(94)73-35(20-47(67)87)55(96)77-38(21-48(68)88)64(105)82-15-5-8-44(82)61(102)75-36(22-50(90)91)56(97)74-34(19-32-11-13-33(86)14-12-32)54(95)79-40(25-107)51(69)92/h11-14,29-31,34-46,85-86,107-108H,5-10,15-28,66H2,1-4H3,(H2,67,87)(H2,68,88)(H2,69,92)(H,70,93)(H,71,100)(H,72,89)(H,73,94)(H,74,97)(H,75,102)(H,76,98)(H,77,96)(H,78,99)(H,79,95)(H,80,101)(H,81,103)(H,90,91)/t30-,31-,34-,35-,36-,37-,38-,39?,40-,41?,42?,43-,44-,45-,46-/m0/s1. The van der Waals surface area contributed by atoms with E-state index in [1.165, 1.54) is 41.0 Å². The van der Waals surface area contributed by atoms with Gasteiger partial charge in [-0.25, -0.2) is 0 Å². The number of primary amides is 3. The predicted molar refractivity (Wildman–Crippen MR) is 398 cm³/mol. The topological polar surface area (TPSA) is 643 Å². The van der Waals surface area contributed by atoms with E-state index in [0.717, 1.165) is 33.4 Å². The molecule has 4 heterocycles. The fourth-order valence-corrected chi connectivity index (χ4v) is 15.0. The second-order valence-corrected chi connectivity index (χ2v) is 30.1. The molecular weight excluding hydrogens is 1530 g/mol. The molecule has 0 radical (unpaired) electrons. The second-order valence-electron chi connectivity index (χ2n) is 26.9. The van der Waals surface area contributed by atoms with Gasteiger partial charge in [-0.15, -0.1) is 0 Å². The number of aromatic hydroxyl groups is 1. The average molecular weight is 1620 g/mol. The first kappa shape index (κ1) is 90.9. The number of carboxylic acids is 1. The summed E-state index contributed by atoms with van der Waals surface area (Å²) in [5.41, 5.74) is 22.3. The second kappa shape index (κ2) is 43.6. The lowest BCUT2D eigenvalue weighted by Gasteiger charge is -2.34. The molecule has 1 aromatic rings. The van der Waals surface area contributed by atoms with Crippen LogP contribution in [0.4, 0.5) is 0 Å². The number of carbonyl (C=O) groups is 19. The number of carbonyl (C=O) groups excluding carboxylic acids is 18. The third-order valence-electron chi connectivity index (χ3n) is 17.9. The van der Waals surface area contributed by atoms with Crippen molar-refractivity contribution in [2.75, 3.05) is 55.8 Å². The number of carboxylic acid groups (broad SMARTS) is 1. The number of rotatable bonds is 31. The molecule has 18 amide bonds. The minimum atomic E-state index is -1.97. The van der Waals surface area contributed by atoms with Gasteiger partial charge in [0.05, 0.1) is 32.4 Å². The number of aliphatic carboxylic acids is 1. The summed E-state index contributed by atoms with van der Waals surface area (Å²) in [6, 6.07) is -17.9. The third kappa shape index (κ3) is 27.1. The van der Waals surface area contributed by atoms with Gasteiger partial charge >= 0.3 is 5.97 Å². The number of thiol groups is 2. The molecular formula is C65H97N19O22S4. The first-order chi connectivity index (χ1) is 51.9. The normalized spacial score (nSPS) is 22.9. The highest BCUT2D eigenvalue weighted by molar-refractivity contribution is 8.76. The zero-order chi connectivity index (χ0) is 82.0. The van der Waals surface area contributed by atoms with Gasteiger partial charge in [0.25, 0.3) is 0 Å². The number of benzene rings is 1. The summed E-state index contributed by atoms with van der Waals surface area (Å²) in [5, 5.41) is 58.7. The van der Waals surface area contributed by atoms with Crippen LogP contribution in [0.1, 0.15) is 97.5 Å². The van der Waals surface area contributed by atoms with Crippen LogP contribution in [0.2, 0.25) is 0 Å². The number of phenolic OH excluding ortho intramolecular Hbond substituents is 1. The molecule has 608 valence electrons. The summed E-state index contributed by atoms with van der Waals surface area (Å²) in [4.78, 5) is 262.